The van der Waals surface area contributed by atoms with Crippen LogP contribution in [0.15, 0.2) is 48.5 Å². The Bertz CT molecular complexity index is 562. The smallest absolute Gasteiger partial charge is 0.123 e. The summed E-state index contributed by atoms with van der Waals surface area (Å²) in [4.78, 5) is 2.33. The highest BCUT2D eigenvalue weighted by Crippen LogP contribution is 2.17. The largest absolute Gasteiger partial charge is 0.381 e. The van der Waals surface area contributed by atoms with Crippen molar-refractivity contribution in [1.29, 1.82) is 0 Å². The predicted octanol–water partition coefficient (Wildman–Crippen LogP) is 3.27. The van der Waals surface area contributed by atoms with Crippen molar-refractivity contribution in [3.05, 3.63) is 59.9 Å². The molecule has 0 aromatic heterocycles. The molecule has 1 aliphatic rings. The second-order valence-corrected chi connectivity index (χ2v) is 5.13. The molecule has 3 nitrogen and oxygen atoms in total. The van der Waals surface area contributed by atoms with Crippen molar-refractivity contribution in [3.63, 3.8) is 0 Å². The van der Waals surface area contributed by atoms with Crippen LogP contribution in [0, 0.1) is 5.82 Å². The Balaban J connectivity index is 1.57. The van der Waals surface area contributed by atoms with Gasteiger partial charge in [0.15, 0.2) is 0 Å². The van der Waals surface area contributed by atoms with Crippen molar-refractivity contribution < 1.29 is 9.13 Å². The van der Waals surface area contributed by atoms with Crippen molar-refractivity contribution in [2.45, 2.75) is 6.54 Å². The van der Waals surface area contributed by atoms with Gasteiger partial charge in [0.25, 0.3) is 0 Å². The number of benzene rings is 2. The summed E-state index contributed by atoms with van der Waals surface area (Å²) >= 11 is 0. The third-order valence-corrected chi connectivity index (χ3v) is 3.65. The van der Waals surface area contributed by atoms with Crippen molar-refractivity contribution in [1.82, 2.24) is 0 Å². The first kappa shape index (κ1) is 13.9. The molecular weight excluding hydrogens is 267 g/mol. The molecule has 110 valence electrons. The zero-order chi connectivity index (χ0) is 14.5. The maximum Gasteiger partial charge on any atom is 0.123 e. The zero-order valence-electron chi connectivity index (χ0n) is 11.9. The van der Waals surface area contributed by atoms with Gasteiger partial charge >= 0.3 is 0 Å². The van der Waals surface area contributed by atoms with Gasteiger partial charge in [0.1, 0.15) is 5.82 Å². The molecule has 21 heavy (non-hydrogen) atoms. The number of nitrogens with one attached hydrogen (secondary N) is 1. The third kappa shape index (κ3) is 3.73. The van der Waals surface area contributed by atoms with Crippen molar-refractivity contribution in [2.75, 3.05) is 36.5 Å². The van der Waals surface area contributed by atoms with Gasteiger partial charge in [-0.25, -0.2) is 4.39 Å². The van der Waals surface area contributed by atoms with Crippen LogP contribution in [0.5, 0.6) is 0 Å². The van der Waals surface area contributed by atoms with E-state index in [0.717, 1.165) is 38.5 Å². The van der Waals surface area contributed by atoms with E-state index in [1.165, 1.54) is 23.4 Å². The van der Waals surface area contributed by atoms with Gasteiger partial charge in [0, 0.05) is 31.0 Å². The highest BCUT2D eigenvalue weighted by Gasteiger charge is 2.10. The van der Waals surface area contributed by atoms with Gasteiger partial charge in [0.2, 0.25) is 0 Å². The fraction of sp³-hybridized carbons (Fsp3) is 0.294. The lowest BCUT2D eigenvalue weighted by Gasteiger charge is -2.28. The molecule has 2 aromatic rings. The van der Waals surface area contributed by atoms with Crippen LogP contribution in [0.2, 0.25) is 0 Å². The first-order valence-electron chi connectivity index (χ1n) is 7.22. The minimum atomic E-state index is -0.213. The van der Waals surface area contributed by atoms with Gasteiger partial charge in [-0.1, -0.05) is 12.1 Å². The topological polar surface area (TPSA) is 24.5 Å². The minimum absolute atomic E-state index is 0.213. The molecular formula is C17H19FN2O. The standard InChI is InChI=1S/C17H19FN2O/c18-15-3-5-16(6-4-15)19-13-14-1-7-17(8-2-14)20-9-11-21-12-10-20/h1-8,19H,9-13H2. The Morgan fingerprint density at radius 3 is 2.29 bits per heavy atom. The Hall–Kier alpha value is -2.07. The van der Waals surface area contributed by atoms with Crippen molar-refractivity contribution >= 4 is 11.4 Å². The Kier molecular flexibility index (Phi) is 4.36. The number of nitrogens with zero attached hydrogens (tertiary/aromatic N) is 1. The number of morpholine rings is 1. The summed E-state index contributed by atoms with van der Waals surface area (Å²) in [6.45, 7) is 4.23. The Morgan fingerprint density at radius 2 is 1.62 bits per heavy atom. The van der Waals surface area contributed by atoms with Crippen LogP contribution >= 0.6 is 0 Å². The van der Waals surface area contributed by atoms with Gasteiger partial charge in [-0.05, 0) is 42.0 Å². The lowest BCUT2D eigenvalue weighted by atomic mass is 10.2. The van der Waals surface area contributed by atoms with E-state index in [-0.39, 0.29) is 5.82 Å². The van der Waals surface area contributed by atoms with Gasteiger partial charge in [-0.2, -0.15) is 0 Å². The predicted molar refractivity (Wildman–Crippen MR) is 83.2 cm³/mol. The van der Waals surface area contributed by atoms with E-state index < -0.39 is 0 Å². The number of hydrogen-bond donors (Lipinski definition) is 1. The van der Waals surface area contributed by atoms with Gasteiger partial charge < -0.3 is 15.0 Å². The van der Waals surface area contributed by atoms with E-state index >= 15 is 0 Å². The second-order valence-electron chi connectivity index (χ2n) is 5.13. The van der Waals surface area contributed by atoms with Crippen molar-refractivity contribution in [3.8, 4) is 0 Å². The van der Waals surface area contributed by atoms with Crippen LogP contribution < -0.4 is 10.2 Å². The van der Waals surface area contributed by atoms with E-state index in [9.17, 15) is 4.39 Å². The van der Waals surface area contributed by atoms with E-state index in [1.54, 1.807) is 12.1 Å². The average Bonchev–Trinajstić information content (AvgIpc) is 2.56. The Labute approximate surface area is 124 Å². The fourth-order valence-electron chi connectivity index (χ4n) is 2.42. The van der Waals surface area contributed by atoms with Gasteiger partial charge in [-0.15, -0.1) is 0 Å². The van der Waals surface area contributed by atoms with E-state index in [0.29, 0.717) is 0 Å². The van der Waals surface area contributed by atoms with Crippen LogP contribution in [-0.2, 0) is 11.3 Å². The molecule has 2 aromatic carbocycles. The highest BCUT2D eigenvalue weighted by molar-refractivity contribution is 5.49. The number of hydrogen-bond acceptors (Lipinski definition) is 3. The van der Waals surface area contributed by atoms with Crippen LogP contribution in [0.1, 0.15) is 5.56 Å². The van der Waals surface area contributed by atoms with Crippen molar-refractivity contribution in [2.24, 2.45) is 0 Å². The maximum absolute atomic E-state index is 12.8. The molecule has 0 radical (unpaired) electrons. The second kappa shape index (κ2) is 6.59. The molecule has 0 spiro atoms. The highest BCUT2D eigenvalue weighted by atomic mass is 19.1. The number of anilines is 2. The Morgan fingerprint density at radius 1 is 0.952 bits per heavy atom. The molecule has 0 saturated carbocycles. The van der Waals surface area contributed by atoms with E-state index in [1.807, 2.05) is 0 Å². The molecule has 0 atom stereocenters. The normalized spacial score (nSPS) is 15.0. The number of rotatable bonds is 4. The molecule has 4 heteroatoms. The third-order valence-electron chi connectivity index (χ3n) is 3.65. The monoisotopic (exact) mass is 286 g/mol. The summed E-state index contributed by atoms with van der Waals surface area (Å²) < 4.78 is 18.2. The fourth-order valence-corrected chi connectivity index (χ4v) is 2.42. The minimum Gasteiger partial charge on any atom is -0.381 e. The van der Waals surface area contributed by atoms with Crippen LogP contribution in [0.25, 0.3) is 0 Å². The molecule has 3 rings (SSSR count). The van der Waals surface area contributed by atoms with E-state index in [4.69, 9.17) is 4.74 Å². The van der Waals surface area contributed by atoms with E-state index in [2.05, 4.69) is 34.5 Å². The summed E-state index contributed by atoms with van der Waals surface area (Å²) in [5.41, 5.74) is 3.37. The maximum atomic E-state index is 12.8. The number of ether oxygens (including phenoxy) is 1. The van der Waals surface area contributed by atoms with Gasteiger partial charge in [0.05, 0.1) is 13.2 Å². The molecule has 0 bridgehead atoms. The van der Waals surface area contributed by atoms with Gasteiger partial charge in [-0.3, -0.25) is 0 Å². The summed E-state index contributed by atoms with van der Waals surface area (Å²) in [5.74, 6) is -0.213. The SMILES string of the molecule is Fc1ccc(NCc2ccc(N3CCOCC3)cc2)cc1. The van der Waals surface area contributed by atoms with Crippen LogP contribution in [0.4, 0.5) is 15.8 Å². The summed E-state index contributed by atoms with van der Waals surface area (Å²) in [5, 5.41) is 3.29. The summed E-state index contributed by atoms with van der Waals surface area (Å²) in [6.07, 6.45) is 0. The first-order chi connectivity index (χ1) is 10.3. The molecule has 1 heterocycles. The molecule has 0 aliphatic carbocycles. The summed E-state index contributed by atoms with van der Waals surface area (Å²) in [7, 11) is 0. The molecule has 1 saturated heterocycles. The quantitative estimate of drug-likeness (QED) is 0.933. The molecule has 1 fully saturated rings. The lowest BCUT2D eigenvalue weighted by Crippen LogP contribution is -2.36. The van der Waals surface area contributed by atoms with Crippen LogP contribution in [-0.4, -0.2) is 26.3 Å². The molecule has 0 unspecified atom stereocenters. The van der Waals surface area contributed by atoms with Crippen LogP contribution in [0.3, 0.4) is 0 Å². The first-order valence-corrected chi connectivity index (χ1v) is 7.22. The number of halogens is 1. The summed E-state index contributed by atoms with van der Waals surface area (Å²) in [6, 6.07) is 15.0. The molecule has 1 N–H and O–H groups in total. The zero-order valence-corrected chi connectivity index (χ0v) is 11.9. The molecule has 1 aliphatic heterocycles. The lowest BCUT2D eigenvalue weighted by molar-refractivity contribution is 0.122. The molecule has 0 amide bonds. The average molecular weight is 286 g/mol.